The first kappa shape index (κ1) is 27.2. The van der Waals surface area contributed by atoms with Gasteiger partial charge in [0.15, 0.2) is 0 Å². The van der Waals surface area contributed by atoms with E-state index in [0.29, 0.717) is 19.3 Å². The third-order valence-electron chi connectivity index (χ3n) is 6.79. The van der Waals surface area contributed by atoms with Crippen LogP contribution in [0.1, 0.15) is 49.2 Å². The van der Waals surface area contributed by atoms with Crippen molar-refractivity contribution in [2.45, 2.75) is 63.6 Å². The van der Waals surface area contributed by atoms with E-state index in [-0.39, 0.29) is 18.0 Å². The molecule has 2 fully saturated rings. The molecule has 0 spiro atoms. The number of fused-ring (bicyclic) bond motifs is 2. The number of benzene rings is 1. The molecule has 2 bridgehead atoms. The molecular weight excluding hydrogens is 489 g/mol. The van der Waals surface area contributed by atoms with Gasteiger partial charge >= 0.3 is 19.1 Å². The van der Waals surface area contributed by atoms with Gasteiger partial charge in [-0.05, 0) is 37.8 Å². The van der Waals surface area contributed by atoms with Crippen LogP contribution in [-0.4, -0.2) is 76.9 Å². The van der Waals surface area contributed by atoms with Gasteiger partial charge < -0.3 is 19.9 Å². The van der Waals surface area contributed by atoms with Crippen molar-refractivity contribution in [1.82, 2.24) is 25.5 Å². The largest absolute Gasteiger partial charge is 0.622 e. The molecule has 2 amide bonds. The van der Waals surface area contributed by atoms with Gasteiger partial charge in [0.25, 0.3) is 5.91 Å². The Balaban J connectivity index is 1.55. The lowest BCUT2D eigenvalue weighted by atomic mass is 9.73. The second-order valence-electron chi connectivity index (χ2n) is 10.1. The van der Waals surface area contributed by atoms with E-state index in [1.807, 2.05) is 44.2 Å². The van der Waals surface area contributed by atoms with Crippen LogP contribution in [0, 0.1) is 5.92 Å². The van der Waals surface area contributed by atoms with Crippen LogP contribution >= 0.6 is 0 Å². The number of likely N-dealkylation sites (N-methyl/N-ethyl adjacent to an activating group) is 1. The van der Waals surface area contributed by atoms with Crippen molar-refractivity contribution in [1.29, 1.82) is 0 Å². The van der Waals surface area contributed by atoms with Crippen LogP contribution in [0.4, 0.5) is 0 Å². The molecule has 38 heavy (non-hydrogen) atoms. The molecule has 1 aromatic carbocycles. The van der Waals surface area contributed by atoms with Crippen molar-refractivity contribution < 1.29 is 28.5 Å². The van der Waals surface area contributed by atoms with Crippen LogP contribution in [0.15, 0.2) is 48.9 Å². The van der Waals surface area contributed by atoms with Crippen molar-refractivity contribution in [2.24, 2.45) is 5.92 Å². The molecule has 2 N–H and O–H groups in total. The van der Waals surface area contributed by atoms with Crippen LogP contribution < -0.4 is 10.6 Å². The summed E-state index contributed by atoms with van der Waals surface area (Å²) in [5.41, 5.74) is 0.899. The molecule has 4 atom stereocenters. The molecular formula is C26H32BN5O6. The lowest BCUT2D eigenvalue weighted by molar-refractivity contribution is -0.151. The smallest absolute Gasteiger partial charge is 0.497 e. The van der Waals surface area contributed by atoms with Gasteiger partial charge in [-0.3, -0.25) is 29.1 Å². The Morgan fingerprint density at radius 3 is 2.29 bits per heavy atom. The van der Waals surface area contributed by atoms with Gasteiger partial charge in [-0.1, -0.05) is 44.2 Å². The summed E-state index contributed by atoms with van der Waals surface area (Å²) in [6.45, 7) is 3.89. The van der Waals surface area contributed by atoms with E-state index in [4.69, 9.17) is 9.31 Å². The van der Waals surface area contributed by atoms with Gasteiger partial charge in [0.1, 0.15) is 23.8 Å². The minimum absolute atomic E-state index is 0.0690. The van der Waals surface area contributed by atoms with E-state index >= 15 is 0 Å². The van der Waals surface area contributed by atoms with E-state index in [1.165, 1.54) is 18.6 Å². The van der Waals surface area contributed by atoms with Gasteiger partial charge in [-0.25, -0.2) is 4.98 Å². The average Bonchev–Trinajstić information content (AvgIpc) is 3.31. The molecule has 200 valence electrons. The Kier molecular flexibility index (Phi) is 8.72. The highest BCUT2D eigenvalue weighted by molar-refractivity contribution is 6.51. The van der Waals surface area contributed by atoms with Crippen molar-refractivity contribution in [3.63, 3.8) is 0 Å². The molecule has 2 saturated heterocycles. The first-order chi connectivity index (χ1) is 18.2. The number of nitrogens with zero attached hydrogens (tertiary/aromatic N) is 3. The maximum Gasteiger partial charge on any atom is 0.622 e. The predicted octanol–water partition coefficient (Wildman–Crippen LogP) is 0.939. The Morgan fingerprint density at radius 2 is 1.71 bits per heavy atom. The van der Waals surface area contributed by atoms with E-state index in [0.717, 1.165) is 5.56 Å². The van der Waals surface area contributed by atoms with Crippen LogP contribution in [0.25, 0.3) is 0 Å². The van der Waals surface area contributed by atoms with E-state index < -0.39 is 54.9 Å². The Bertz CT molecular complexity index is 1130. The number of hydrogen-bond donors (Lipinski definition) is 2. The zero-order valence-electron chi connectivity index (χ0n) is 21.7. The third kappa shape index (κ3) is 6.55. The number of carbonyl (C=O) groups is 4. The summed E-state index contributed by atoms with van der Waals surface area (Å²) < 4.78 is 11.3. The summed E-state index contributed by atoms with van der Waals surface area (Å²) in [5.74, 6) is -2.79. The molecule has 1 aromatic heterocycles. The number of nitrogens with one attached hydrogen (secondary N) is 2. The molecule has 2 aliphatic rings. The van der Waals surface area contributed by atoms with E-state index in [2.05, 4.69) is 20.6 Å². The molecule has 12 heteroatoms. The summed E-state index contributed by atoms with van der Waals surface area (Å²) in [6.07, 6.45) is 5.72. The quantitative estimate of drug-likeness (QED) is 0.462. The molecule has 2 aromatic rings. The average molecular weight is 521 g/mol. The minimum Gasteiger partial charge on any atom is -0.497 e. The molecule has 0 aliphatic carbocycles. The number of aromatic nitrogens is 2. The predicted molar refractivity (Wildman–Crippen MR) is 137 cm³/mol. The maximum atomic E-state index is 13.6. The van der Waals surface area contributed by atoms with Crippen molar-refractivity contribution >= 4 is 30.9 Å². The highest BCUT2D eigenvalue weighted by Crippen LogP contribution is 2.27. The fraction of sp³-hybridized carbons (Fsp3) is 0.462. The molecule has 0 saturated carbocycles. The topological polar surface area (TPSA) is 140 Å². The summed E-state index contributed by atoms with van der Waals surface area (Å²) in [6, 6.07) is 7.19. The second kappa shape index (κ2) is 12.2. The first-order valence-corrected chi connectivity index (χ1v) is 12.8. The van der Waals surface area contributed by atoms with Crippen LogP contribution in [-0.2, 0) is 30.1 Å². The number of amides is 2. The lowest BCUT2D eigenvalue weighted by Crippen LogP contribution is -2.59. The number of carbonyl (C=O) groups excluding carboxylic acids is 4. The Labute approximate surface area is 221 Å². The van der Waals surface area contributed by atoms with Gasteiger partial charge in [0, 0.05) is 18.8 Å². The van der Waals surface area contributed by atoms with Crippen LogP contribution in [0.3, 0.4) is 0 Å². The van der Waals surface area contributed by atoms with Crippen molar-refractivity contribution in [3.8, 4) is 0 Å². The Morgan fingerprint density at radius 1 is 1.05 bits per heavy atom. The fourth-order valence-electron chi connectivity index (χ4n) is 4.82. The molecule has 11 nitrogen and oxygen atoms in total. The number of rotatable bonds is 9. The van der Waals surface area contributed by atoms with Crippen molar-refractivity contribution in [3.05, 3.63) is 60.2 Å². The summed E-state index contributed by atoms with van der Waals surface area (Å²) in [4.78, 5) is 61.8. The standard InChI is InChI=1S/C26H32BN5O6/c1-16(2)13-22(27-37-25(35)20-9-10-21(32(20)3)26(36)38-27)31-23(33)18(14-17-7-5-4-6-8-17)30-24(34)19-15-28-11-12-29-19/h4-8,11-12,15-16,18,20-22H,9-10,13-14H2,1-3H3,(H,30,34)(H,31,33)/t18-,20-,21-,22-/m0/s1. The fourth-order valence-corrected chi connectivity index (χ4v) is 4.82. The molecule has 3 heterocycles. The summed E-state index contributed by atoms with van der Waals surface area (Å²) >= 11 is 0. The SMILES string of the molecule is CC(C)C[C@H](NC(=O)[C@H](Cc1ccccc1)NC(=O)c1cnccn1)B1OC(=O)[C@@H]2CC[C@@H](C(=O)O1)N2C. The van der Waals surface area contributed by atoms with Gasteiger partial charge in [-0.2, -0.15) is 0 Å². The highest BCUT2D eigenvalue weighted by Gasteiger charge is 2.49. The zero-order valence-corrected chi connectivity index (χ0v) is 21.7. The van der Waals surface area contributed by atoms with E-state index in [9.17, 15) is 19.2 Å². The lowest BCUT2D eigenvalue weighted by Gasteiger charge is -2.32. The molecule has 0 radical (unpaired) electrons. The van der Waals surface area contributed by atoms with Crippen LogP contribution in [0.5, 0.6) is 0 Å². The van der Waals surface area contributed by atoms with Gasteiger partial charge in [-0.15, -0.1) is 0 Å². The Hall–Kier alpha value is -3.80. The zero-order chi connectivity index (χ0) is 27.2. The summed E-state index contributed by atoms with van der Waals surface area (Å²) in [7, 11) is 0.415. The third-order valence-corrected chi connectivity index (χ3v) is 6.79. The maximum absolute atomic E-state index is 13.6. The highest BCUT2D eigenvalue weighted by atomic mass is 16.6. The van der Waals surface area contributed by atoms with E-state index in [1.54, 1.807) is 11.9 Å². The minimum atomic E-state index is -1.29. The van der Waals surface area contributed by atoms with Gasteiger partial charge in [0.2, 0.25) is 5.91 Å². The first-order valence-electron chi connectivity index (χ1n) is 12.8. The van der Waals surface area contributed by atoms with Gasteiger partial charge in [0.05, 0.1) is 12.1 Å². The molecule has 2 aliphatic heterocycles. The van der Waals surface area contributed by atoms with Crippen molar-refractivity contribution in [2.75, 3.05) is 7.05 Å². The van der Waals surface area contributed by atoms with Crippen LogP contribution in [0.2, 0.25) is 0 Å². The summed E-state index contributed by atoms with van der Waals surface area (Å²) in [5, 5.41) is 5.63. The second-order valence-corrected chi connectivity index (χ2v) is 10.1. The monoisotopic (exact) mass is 521 g/mol. The molecule has 0 unspecified atom stereocenters. The molecule has 4 rings (SSSR count). The normalized spacial score (nSPS) is 21.1. The number of hydrogen-bond acceptors (Lipinski definition) is 9.